The van der Waals surface area contributed by atoms with Gasteiger partial charge in [-0.2, -0.15) is 0 Å². The third kappa shape index (κ3) is 4.71. The minimum absolute atomic E-state index is 0.292. The Hall–Kier alpha value is -3.42. The molecular formula is C21H22FN3O4. The van der Waals surface area contributed by atoms with Gasteiger partial charge in [0.05, 0.1) is 24.9 Å². The smallest absolute Gasteiger partial charge is 0.292 e. The molecule has 1 heterocycles. The van der Waals surface area contributed by atoms with Gasteiger partial charge in [-0.05, 0) is 24.3 Å². The standard InChI is InChI=1S/C21H22FN3O4/c1-29-18-9-5-4-8-17(18)24-10-12-25(13-11-24)19(26)14-23-21(28)20(27)15-6-2-3-7-16(15)22/h2-9H,10-14H2,1H3,(H,23,28). The summed E-state index contributed by atoms with van der Waals surface area (Å²) < 4.78 is 19.0. The van der Waals surface area contributed by atoms with Crippen LogP contribution in [0.2, 0.25) is 0 Å². The maximum atomic E-state index is 13.6. The number of piperazine rings is 1. The van der Waals surface area contributed by atoms with E-state index in [1.165, 1.54) is 18.2 Å². The lowest BCUT2D eigenvalue weighted by Crippen LogP contribution is -2.51. The molecule has 0 aromatic heterocycles. The Morgan fingerprint density at radius 1 is 1.00 bits per heavy atom. The van der Waals surface area contributed by atoms with Crippen LogP contribution in [0.5, 0.6) is 5.75 Å². The molecule has 152 valence electrons. The van der Waals surface area contributed by atoms with Gasteiger partial charge in [0, 0.05) is 26.2 Å². The van der Waals surface area contributed by atoms with Crippen molar-refractivity contribution >= 4 is 23.3 Å². The summed E-state index contributed by atoms with van der Waals surface area (Å²) in [7, 11) is 1.61. The number of Topliss-reactive ketones (excluding diaryl/α,β-unsaturated/α-hetero) is 1. The van der Waals surface area contributed by atoms with Crippen molar-refractivity contribution in [3.63, 3.8) is 0 Å². The number of para-hydroxylation sites is 2. The maximum Gasteiger partial charge on any atom is 0.292 e. The summed E-state index contributed by atoms with van der Waals surface area (Å²) in [4.78, 5) is 40.1. The van der Waals surface area contributed by atoms with Crippen LogP contribution in [0.25, 0.3) is 0 Å². The first-order chi connectivity index (χ1) is 14.0. The van der Waals surface area contributed by atoms with E-state index in [0.717, 1.165) is 17.5 Å². The largest absolute Gasteiger partial charge is 0.495 e. The van der Waals surface area contributed by atoms with E-state index in [4.69, 9.17) is 4.74 Å². The normalized spacial score (nSPS) is 13.7. The number of rotatable bonds is 6. The topological polar surface area (TPSA) is 79.0 Å². The van der Waals surface area contributed by atoms with Crippen molar-refractivity contribution in [3.05, 3.63) is 59.9 Å². The zero-order valence-corrected chi connectivity index (χ0v) is 16.1. The van der Waals surface area contributed by atoms with Gasteiger partial charge in [0.15, 0.2) is 0 Å². The van der Waals surface area contributed by atoms with Gasteiger partial charge in [-0.1, -0.05) is 24.3 Å². The molecule has 0 atom stereocenters. The van der Waals surface area contributed by atoms with Crippen LogP contribution in [0.3, 0.4) is 0 Å². The van der Waals surface area contributed by atoms with Crippen molar-refractivity contribution in [3.8, 4) is 5.75 Å². The number of hydrogen-bond acceptors (Lipinski definition) is 5. The van der Waals surface area contributed by atoms with Gasteiger partial charge >= 0.3 is 0 Å². The first kappa shape index (κ1) is 20.3. The second-order valence-corrected chi connectivity index (χ2v) is 6.53. The highest BCUT2D eigenvalue weighted by molar-refractivity contribution is 6.43. The van der Waals surface area contributed by atoms with Gasteiger partial charge in [0.25, 0.3) is 11.7 Å². The molecular weight excluding hydrogens is 377 g/mol. The highest BCUT2D eigenvalue weighted by Crippen LogP contribution is 2.28. The molecule has 29 heavy (non-hydrogen) atoms. The van der Waals surface area contributed by atoms with Gasteiger partial charge in [0.1, 0.15) is 11.6 Å². The van der Waals surface area contributed by atoms with Crippen LogP contribution in [-0.4, -0.2) is 62.3 Å². The molecule has 0 aliphatic carbocycles. The zero-order chi connectivity index (χ0) is 20.8. The quantitative estimate of drug-likeness (QED) is 0.588. The molecule has 1 saturated heterocycles. The predicted molar refractivity (Wildman–Crippen MR) is 106 cm³/mol. The van der Waals surface area contributed by atoms with E-state index in [9.17, 15) is 18.8 Å². The van der Waals surface area contributed by atoms with E-state index < -0.39 is 17.5 Å². The molecule has 3 rings (SSSR count). The van der Waals surface area contributed by atoms with Gasteiger partial charge in [-0.3, -0.25) is 14.4 Å². The van der Waals surface area contributed by atoms with Gasteiger partial charge < -0.3 is 19.9 Å². The number of hydrogen-bond donors (Lipinski definition) is 1. The number of ketones is 1. The average molecular weight is 399 g/mol. The summed E-state index contributed by atoms with van der Waals surface area (Å²) in [5, 5.41) is 2.29. The fourth-order valence-corrected chi connectivity index (χ4v) is 3.20. The lowest BCUT2D eigenvalue weighted by Gasteiger charge is -2.36. The summed E-state index contributed by atoms with van der Waals surface area (Å²) in [6.45, 7) is 1.89. The third-order valence-electron chi connectivity index (χ3n) is 4.78. The molecule has 2 aromatic carbocycles. The highest BCUT2D eigenvalue weighted by atomic mass is 19.1. The van der Waals surface area contributed by atoms with Gasteiger partial charge in [0.2, 0.25) is 5.91 Å². The molecule has 0 unspecified atom stereocenters. The van der Waals surface area contributed by atoms with Crippen LogP contribution in [0, 0.1) is 5.82 Å². The van der Waals surface area contributed by atoms with E-state index >= 15 is 0 Å². The molecule has 1 aliphatic rings. The van der Waals surface area contributed by atoms with E-state index in [1.807, 2.05) is 24.3 Å². The monoisotopic (exact) mass is 399 g/mol. The van der Waals surface area contributed by atoms with Crippen molar-refractivity contribution in [2.75, 3.05) is 44.7 Å². The SMILES string of the molecule is COc1ccccc1N1CCN(C(=O)CNC(=O)C(=O)c2ccccc2F)CC1. The fourth-order valence-electron chi connectivity index (χ4n) is 3.20. The highest BCUT2D eigenvalue weighted by Gasteiger charge is 2.25. The van der Waals surface area contributed by atoms with Crippen LogP contribution in [0.15, 0.2) is 48.5 Å². The third-order valence-corrected chi connectivity index (χ3v) is 4.78. The first-order valence-corrected chi connectivity index (χ1v) is 9.24. The summed E-state index contributed by atoms with van der Waals surface area (Å²) in [5.41, 5.74) is 0.647. The number of anilines is 1. The number of ether oxygens (including phenoxy) is 1. The van der Waals surface area contributed by atoms with Crippen LogP contribution < -0.4 is 15.0 Å². The number of carbonyl (C=O) groups excluding carboxylic acids is 3. The second kappa shape index (κ2) is 9.18. The lowest BCUT2D eigenvalue weighted by atomic mass is 10.1. The van der Waals surface area contributed by atoms with Crippen molar-refractivity contribution in [2.24, 2.45) is 0 Å². The van der Waals surface area contributed by atoms with Gasteiger partial charge in [-0.15, -0.1) is 0 Å². The lowest BCUT2D eigenvalue weighted by molar-refractivity contribution is -0.132. The summed E-state index contributed by atoms with van der Waals surface area (Å²) in [6.07, 6.45) is 0. The van der Waals surface area contributed by atoms with Crippen molar-refractivity contribution in [1.29, 1.82) is 0 Å². The number of benzene rings is 2. The number of methoxy groups -OCH3 is 1. The minimum Gasteiger partial charge on any atom is -0.495 e. The van der Waals surface area contributed by atoms with E-state index in [-0.39, 0.29) is 18.0 Å². The predicted octanol–water partition coefficient (Wildman–Crippen LogP) is 1.48. The first-order valence-electron chi connectivity index (χ1n) is 9.24. The molecule has 0 saturated carbocycles. The van der Waals surface area contributed by atoms with Gasteiger partial charge in [-0.25, -0.2) is 4.39 Å². The number of nitrogens with one attached hydrogen (secondary N) is 1. The molecule has 1 aliphatic heterocycles. The molecule has 1 fully saturated rings. The molecule has 0 spiro atoms. The summed E-state index contributed by atoms with van der Waals surface area (Å²) in [5.74, 6) is -2.30. The Kier molecular flexibility index (Phi) is 6.43. The van der Waals surface area contributed by atoms with Crippen LogP contribution in [0.1, 0.15) is 10.4 Å². The molecule has 7 nitrogen and oxygen atoms in total. The average Bonchev–Trinajstić information content (AvgIpc) is 2.77. The van der Waals surface area contributed by atoms with Crippen molar-refractivity contribution in [1.82, 2.24) is 10.2 Å². The molecule has 1 N–H and O–H groups in total. The fraction of sp³-hybridized carbons (Fsp3) is 0.286. The number of nitrogens with zero attached hydrogens (tertiary/aromatic N) is 2. The Morgan fingerprint density at radius 2 is 1.66 bits per heavy atom. The summed E-state index contributed by atoms with van der Waals surface area (Å²) >= 11 is 0. The van der Waals surface area contributed by atoms with Crippen molar-refractivity contribution < 1.29 is 23.5 Å². The molecule has 2 amide bonds. The number of halogens is 1. The zero-order valence-electron chi connectivity index (χ0n) is 16.1. The van der Waals surface area contributed by atoms with Crippen LogP contribution in [0.4, 0.5) is 10.1 Å². The Balaban J connectivity index is 1.50. The Labute approximate surface area is 168 Å². The molecule has 8 heteroatoms. The van der Waals surface area contributed by atoms with E-state index in [2.05, 4.69) is 10.2 Å². The summed E-state index contributed by atoms with van der Waals surface area (Å²) in [6, 6.07) is 12.9. The van der Waals surface area contributed by atoms with E-state index in [1.54, 1.807) is 12.0 Å². The van der Waals surface area contributed by atoms with E-state index in [0.29, 0.717) is 26.2 Å². The number of carbonyl (C=O) groups is 3. The molecule has 2 aromatic rings. The van der Waals surface area contributed by atoms with Crippen LogP contribution in [-0.2, 0) is 9.59 Å². The maximum absolute atomic E-state index is 13.6. The Morgan fingerprint density at radius 3 is 2.34 bits per heavy atom. The van der Waals surface area contributed by atoms with Crippen LogP contribution >= 0.6 is 0 Å². The second-order valence-electron chi connectivity index (χ2n) is 6.53. The molecule has 0 bridgehead atoms. The molecule has 0 radical (unpaired) electrons. The van der Waals surface area contributed by atoms with Crippen molar-refractivity contribution in [2.45, 2.75) is 0 Å². The minimum atomic E-state index is -1.00. The Bertz CT molecular complexity index is 910. The number of amides is 2.